The van der Waals surface area contributed by atoms with Crippen LogP contribution in [0.25, 0.3) is 11.1 Å². The van der Waals surface area contributed by atoms with Crippen molar-refractivity contribution in [3.63, 3.8) is 0 Å². The first kappa shape index (κ1) is 22.5. The number of aromatic nitrogens is 1. The highest BCUT2D eigenvalue weighted by atomic mass is 32.2. The Balaban J connectivity index is 1.87. The minimum Gasteiger partial charge on any atom is -0.497 e. The van der Waals surface area contributed by atoms with Gasteiger partial charge in [0.1, 0.15) is 5.75 Å². The average Bonchev–Trinajstić information content (AvgIpc) is 3.02. The third kappa shape index (κ3) is 3.52. The number of nitrogens with one attached hydrogen (secondary N) is 1. The molecule has 32 heavy (non-hydrogen) atoms. The predicted molar refractivity (Wildman–Crippen MR) is 119 cm³/mol. The fourth-order valence-corrected chi connectivity index (χ4v) is 6.46. The highest BCUT2D eigenvalue weighted by Crippen LogP contribution is 2.49. The number of sulfonamides is 1. The van der Waals surface area contributed by atoms with Gasteiger partial charge in [-0.1, -0.05) is 12.1 Å². The molecule has 9 nitrogen and oxygen atoms in total. The first-order valence-corrected chi connectivity index (χ1v) is 12.3. The first-order chi connectivity index (χ1) is 15.2. The third-order valence-corrected chi connectivity index (χ3v) is 7.69. The number of hydrogen-bond donors (Lipinski definition) is 2. The molecule has 2 aliphatic heterocycles. The maximum Gasteiger partial charge on any atom is 0.258 e. The molecule has 0 unspecified atom stereocenters. The Kier molecular flexibility index (Phi) is 5.87. The molecule has 4 atom stereocenters. The molecule has 2 N–H and O–H groups in total. The van der Waals surface area contributed by atoms with Gasteiger partial charge in [-0.05, 0) is 36.8 Å². The molecule has 172 valence electrons. The molecule has 1 aromatic heterocycles. The quantitative estimate of drug-likeness (QED) is 0.650. The van der Waals surface area contributed by atoms with E-state index in [1.54, 1.807) is 55.0 Å². The molecule has 0 aliphatic carbocycles. The molecule has 0 spiro atoms. The number of amides is 1. The number of carbonyl (C=O) groups is 1. The Labute approximate surface area is 186 Å². The first-order valence-electron chi connectivity index (χ1n) is 10.5. The molecular weight excluding hydrogens is 434 g/mol. The molecule has 4 rings (SSSR count). The van der Waals surface area contributed by atoms with Crippen LogP contribution in [0.15, 0.2) is 41.2 Å². The monoisotopic (exact) mass is 461 g/mol. The molecule has 2 aromatic rings. The van der Waals surface area contributed by atoms with E-state index in [1.165, 1.54) is 4.31 Å². The van der Waals surface area contributed by atoms with Crippen molar-refractivity contribution in [3.8, 4) is 16.9 Å². The number of methoxy groups -OCH3 is 1. The predicted octanol–water partition coefficient (Wildman–Crippen LogP) is 0.583. The lowest BCUT2D eigenvalue weighted by Crippen LogP contribution is -2.48. The van der Waals surface area contributed by atoms with Gasteiger partial charge >= 0.3 is 0 Å². The van der Waals surface area contributed by atoms with Gasteiger partial charge in [0.15, 0.2) is 0 Å². The van der Waals surface area contributed by atoms with Gasteiger partial charge in [-0.25, -0.2) is 8.42 Å². The van der Waals surface area contributed by atoms with Gasteiger partial charge in [-0.15, -0.1) is 0 Å². The van der Waals surface area contributed by atoms with Gasteiger partial charge in [0.05, 0.1) is 25.3 Å². The summed E-state index contributed by atoms with van der Waals surface area (Å²) >= 11 is 0. The van der Waals surface area contributed by atoms with Crippen LogP contribution in [-0.2, 0) is 21.4 Å². The van der Waals surface area contributed by atoms with Crippen molar-refractivity contribution in [3.05, 3.63) is 52.4 Å². The molecule has 2 aliphatic rings. The molecule has 3 heterocycles. The zero-order chi connectivity index (χ0) is 23.2. The molecule has 1 amide bonds. The Morgan fingerprint density at radius 2 is 1.91 bits per heavy atom. The van der Waals surface area contributed by atoms with Crippen molar-refractivity contribution < 1.29 is 23.1 Å². The number of hydrogen-bond acceptors (Lipinski definition) is 6. The minimum atomic E-state index is -3.70. The van der Waals surface area contributed by atoms with Crippen molar-refractivity contribution >= 4 is 15.9 Å². The number of rotatable bonds is 6. The zero-order valence-corrected chi connectivity index (χ0v) is 19.0. The van der Waals surface area contributed by atoms with E-state index in [-0.39, 0.29) is 24.6 Å². The second-order valence-corrected chi connectivity index (χ2v) is 10.1. The number of aliphatic hydroxyl groups excluding tert-OH is 1. The number of ether oxygens (including phenoxy) is 1. The van der Waals surface area contributed by atoms with Gasteiger partial charge in [0.25, 0.3) is 5.56 Å². The van der Waals surface area contributed by atoms with Crippen molar-refractivity contribution in [1.29, 1.82) is 0 Å². The van der Waals surface area contributed by atoms with Gasteiger partial charge in [-0.2, -0.15) is 4.31 Å². The molecule has 1 fully saturated rings. The van der Waals surface area contributed by atoms with E-state index in [1.807, 2.05) is 0 Å². The highest BCUT2D eigenvalue weighted by Gasteiger charge is 2.58. The normalized spacial score (nSPS) is 24.8. The second-order valence-electron chi connectivity index (χ2n) is 8.19. The lowest BCUT2D eigenvalue weighted by molar-refractivity contribution is -0.127. The zero-order valence-electron chi connectivity index (χ0n) is 18.2. The average molecular weight is 462 g/mol. The summed E-state index contributed by atoms with van der Waals surface area (Å²) in [5.41, 5.74) is 1.38. The van der Waals surface area contributed by atoms with Crippen LogP contribution in [0.2, 0.25) is 0 Å². The highest BCUT2D eigenvalue weighted by molar-refractivity contribution is 7.88. The van der Waals surface area contributed by atoms with E-state index in [2.05, 4.69) is 5.32 Å². The van der Waals surface area contributed by atoms with Crippen LogP contribution in [0.5, 0.6) is 5.75 Å². The molecule has 10 heteroatoms. The largest absolute Gasteiger partial charge is 0.497 e. The second kappa shape index (κ2) is 8.34. The number of benzene rings is 1. The van der Waals surface area contributed by atoms with E-state index in [4.69, 9.17) is 4.74 Å². The van der Waals surface area contributed by atoms with Gasteiger partial charge < -0.3 is 19.7 Å². The van der Waals surface area contributed by atoms with Gasteiger partial charge in [0.2, 0.25) is 15.9 Å². The van der Waals surface area contributed by atoms with E-state index >= 15 is 0 Å². The summed E-state index contributed by atoms with van der Waals surface area (Å²) in [5.74, 6) is -1.07. The molecule has 2 bridgehead atoms. The number of aliphatic hydroxyl groups is 1. The molecule has 1 saturated heterocycles. The van der Waals surface area contributed by atoms with E-state index in [9.17, 15) is 23.1 Å². The van der Waals surface area contributed by atoms with Crippen LogP contribution in [-0.4, -0.2) is 60.9 Å². The Morgan fingerprint density at radius 3 is 2.47 bits per heavy atom. The van der Waals surface area contributed by atoms with Crippen molar-refractivity contribution in [2.45, 2.75) is 25.6 Å². The summed E-state index contributed by atoms with van der Waals surface area (Å²) in [7, 11) is -2.13. The van der Waals surface area contributed by atoms with Crippen molar-refractivity contribution in [2.75, 3.05) is 26.5 Å². The fraction of sp³-hybridized carbons (Fsp3) is 0.455. The van der Waals surface area contributed by atoms with Crippen LogP contribution in [0.3, 0.4) is 0 Å². The number of nitrogens with zero attached hydrogens (tertiary/aromatic N) is 2. The molecular formula is C22H27N3O6S. The van der Waals surface area contributed by atoms with Crippen molar-refractivity contribution in [2.24, 2.45) is 11.8 Å². The summed E-state index contributed by atoms with van der Waals surface area (Å²) in [5, 5.41) is 12.9. The van der Waals surface area contributed by atoms with Crippen LogP contribution < -0.4 is 15.6 Å². The van der Waals surface area contributed by atoms with E-state index in [0.717, 1.165) is 6.26 Å². The molecule has 0 radical (unpaired) electrons. The SMILES string of the molecule is CCNC(=O)[C@H]1[C@H](CO)[C@H]2Cn3c(ccc(-c4ccc(OC)cc4)c3=O)[C@@H]1N2S(C)(=O)=O. The summed E-state index contributed by atoms with van der Waals surface area (Å²) in [6.45, 7) is 1.87. The third-order valence-electron chi connectivity index (χ3n) is 6.43. The maximum atomic E-state index is 13.4. The van der Waals surface area contributed by atoms with Gasteiger partial charge in [0, 0.05) is 42.9 Å². The summed E-state index contributed by atoms with van der Waals surface area (Å²) in [6.07, 6.45) is 1.10. The summed E-state index contributed by atoms with van der Waals surface area (Å²) in [6, 6.07) is 8.94. The molecule has 1 aromatic carbocycles. The fourth-order valence-electron chi connectivity index (χ4n) is 5.09. The topological polar surface area (TPSA) is 118 Å². The number of fused-ring (bicyclic) bond motifs is 4. The standard InChI is InChI=1S/C22H27N3O6S/c1-4-23-21(27)19-16(12-26)18-11-24-17(20(19)25(18)32(3,29)30)10-9-15(22(24)28)13-5-7-14(31-2)8-6-13/h5-10,16,18-20,26H,4,11-12H2,1-3H3,(H,23,27)/t16-,18-,19+,20+/m1/s1. The van der Waals surface area contributed by atoms with Crippen LogP contribution >= 0.6 is 0 Å². The maximum absolute atomic E-state index is 13.4. The Bertz CT molecular complexity index is 1190. The number of pyridine rings is 1. The Hall–Kier alpha value is -2.69. The van der Waals surface area contributed by atoms with Crippen LogP contribution in [0, 0.1) is 11.8 Å². The Morgan fingerprint density at radius 1 is 1.22 bits per heavy atom. The summed E-state index contributed by atoms with van der Waals surface area (Å²) in [4.78, 5) is 26.4. The number of carbonyl (C=O) groups excluding carboxylic acids is 1. The van der Waals surface area contributed by atoms with E-state index in [0.29, 0.717) is 29.1 Å². The van der Waals surface area contributed by atoms with Crippen LogP contribution in [0.4, 0.5) is 0 Å². The lowest BCUT2D eigenvalue weighted by atomic mass is 9.86. The van der Waals surface area contributed by atoms with Crippen LogP contribution in [0.1, 0.15) is 18.7 Å². The smallest absolute Gasteiger partial charge is 0.258 e. The van der Waals surface area contributed by atoms with E-state index < -0.39 is 33.9 Å². The minimum absolute atomic E-state index is 0.0723. The van der Waals surface area contributed by atoms with Crippen molar-refractivity contribution in [1.82, 2.24) is 14.2 Å². The lowest BCUT2D eigenvalue weighted by Gasteiger charge is -2.36. The molecule has 0 saturated carbocycles. The summed E-state index contributed by atoms with van der Waals surface area (Å²) < 4.78 is 33.4. The van der Waals surface area contributed by atoms with Gasteiger partial charge in [-0.3, -0.25) is 9.59 Å².